The van der Waals surface area contributed by atoms with Crippen LogP contribution >= 0.6 is 0 Å². The van der Waals surface area contributed by atoms with Gasteiger partial charge < -0.3 is 9.84 Å². The summed E-state index contributed by atoms with van der Waals surface area (Å²) in [5, 5.41) is 7.10. The third-order valence-corrected chi connectivity index (χ3v) is 5.39. The average Bonchev–Trinajstić information content (AvgIpc) is 3.16. The lowest BCUT2D eigenvalue weighted by Crippen LogP contribution is -2.45. The molecule has 138 valence electrons. The van der Waals surface area contributed by atoms with Crippen molar-refractivity contribution in [1.29, 1.82) is 0 Å². The number of rotatable bonds is 7. The SMILES string of the molecule is O=C(CCc1nc(-c2ccccc2)no1)NCC1(c2ccccc2)CCC1. The number of aryl methyl sites for hydroxylation is 1. The van der Waals surface area contributed by atoms with E-state index in [0.29, 0.717) is 31.1 Å². The van der Waals surface area contributed by atoms with Gasteiger partial charge in [0.1, 0.15) is 0 Å². The van der Waals surface area contributed by atoms with Crippen LogP contribution in [0.15, 0.2) is 65.2 Å². The molecule has 5 nitrogen and oxygen atoms in total. The molecular formula is C22H23N3O2. The zero-order valence-corrected chi connectivity index (χ0v) is 15.2. The average molecular weight is 361 g/mol. The van der Waals surface area contributed by atoms with Gasteiger partial charge in [0.15, 0.2) is 0 Å². The molecule has 0 aliphatic heterocycles. The standard InChI is InChI=1S/C22H23N3O2/c26-19(23-16-22(14-7-15-22)18-10-5-2-6-11-18)12-13-20-24-21(25-27-20)17-8-3-1-4-9-17/h1-6,8-11H,7,12-16H2,(H,23,26). The van der Waals surface area contributed by atoms with Gasteiger partial charge in [0.05, 0.1) is 0 Å². The van der Waals surface area contributed by atoms with Crippen molar-refractivity contribution in [2.45, 2.75) is 37.5 Å². The first-order valence-electron chi connectivity index (χ1n) is 9.45. The molecule has 1 fully saturated rings. The van der Waals surface area contributed by atoms with Crippen molar-refractivity contribution < 1.29 is 9.32 Å². The topological polar surface area (TPSA) is 68.0 Å². The molecule has 1 heterocycles. The summed E-state index contributed by atoms with van der Waals surface area (Å²) in [6.07, 6.45) is 4.27. The van der Waals surface area contributed by atoms with Gasteiger partial charge in [-0.2, -0.15) is 4.98 Å². The van der Waals surface area contributed by atoms with Gasteiger partial charge in [-0.15, -0.1) is 0 Å². The number of amides is 1. The van der Waals surface area contributed by atoms with Gasteiger partial charge in [-0.3, -0.25) is 4.79 Å². The van der Waals surface area contributed by atoms with Crippen LogP contribution in [0.5, 0.6) is 0 Å². The number of nitrogens with zero attached hydrogens (tertiary/aromatic N) is 2. The van der Waals surface area contributed by atoms with Crippen LogP contribution in [0, 0.1) is 0 Å². The van der Waals surface area contributed by atoms with Crippen molar-refractivity contribution in [2.75, 3.05) is 6.54 Å². The van der Waals surface area contributed by atoms with Crippen LogP contribution in [0.25, 0.3) is 11.4 Å². The van der Waals surface area contributed by atoms with E-state index in [9.17, 15) is 4.79 Å². The predicted octanol–water partition coefficient (Wildman–Crippen LogP) is 3.91. The first kappa shape index (κ1) is 17.5. The summed E-state index contributed by atoms with van der Waals surface area (Å²) < 4.78 is 5.28. The number of nitrogens with one attached hydrogen (secondary N) is 1. The Hall–Kier alpha value is -2.95. The van der Waals surface area contributed by atoms with Gasteiger partial charge >= 0.3 is 0 Å². The van der Waals surface area contributed by atoms with E-state index in [1.807, 2.05) is 36.4 Å². The highest BCUT2D eigenvalue weighted by Gasteiger charge is 2.38. The summed E-state index contributed by atoms with van der Waals surface area (Å²) in [4.78, 5) is 16.7. The van der Waals surface area contributed by atoms with Crippen molar-refractivity contribution in [3.8, 4) is 11.4 Å². The fraction of sp³-hybridized carbons (Fsp3) is 0.318. The molecule has 5 heteroatoms. The molecule has 0 radical (unpaired) electrons. The van der Waals surface area contributed by atoms with E-state index in [4.69, 9.17) is 4.52 Å². The van der Waals surface area contributed by atoms with Crippen molar-refractivity contribution in [3.63, 3.8) is 0 Å². The molecule has 1 N–H and O–H groups in total. The lowest BCUT2D eigenvalue weighted by molar-refractivity contribution is -0.121. The number of aromatic nitrogens is 2. The lowest BCUT2D eigenvalue weighted by Gasteiger charge is -2.42. The third kappa shape index (κ3) is 3.92. The van der Waals surface area contributed by atoms with Crippen LogP contribution in [0.4, 0.5) is 0 Å². The van der Waals surface area contributed by atoms with E-state index in [1.165, 1.54) is 12.0 Å². The monoisotopic (exact) mass is 361 g/mol. The molecule has 1 aromatic heterocycles. The summed E-state index contributed by atoms with van der Waals surface area (Å²) in [5.74, 6) is 1.07. The summed E-state index contributed by atoms with van der Waals surface area (Å²) in [7, 11) is 0. The zero-order chi connectivity index (χ0) is 18.5. The predicted molar refractivity (Wildman–Crippen MR) is 103 cm³/mol. The Morgan fingerprint density at radius 2 is 1.74 bits per heavy atom. The molecule has 0 unspecified atom stereocenters. The maximum atomic E-state index is 12.3. The highest BCUT2D eigenvalue weighted by Crippen LogP contribution is 2.43. The number of carbonyl (C=O) groups excluding carboxylic acids is 1. The van der Waals surface area contributed by atoms with Gasteiger partial charge in [0.25, 0.3) is 0 Å². The molecule has 27 heavy (non-hydrogen) atoms. The summed E-state index contributed by atoms with van der Waals surface area (Å²) in [6, 6.07) is 20.2. The van der Waals surface area contributed by atoms with Crippen LogP contribution < -0.4 is 5.32 Å². The van der Waals surface area contributed by atoms with Crippen LogP contribution in [0.2, 0.25) is 0 Å². The minimum Gasteiger partial charge on any atom is -0.355 e. The van der Waals surface area contributed by atoms with E-state index >= 15 is 0 Å². The van der Waals surface area contributed by atoms with Gasteiger partial charge in [-0.25, -0.2) is 0 Å². The lowest BCUT2D eigenvalue weighted by atomic mass is 9.64. The highest BCUT2D eigenvalue weighted by atomic mass is 16.5. The highest BCUT2D eigenvalue weighted by molar-refractivity contribution is 5.76. The van der Waals surface area contributed by atoms with Crippen LogP contribution in [0.1, 0.15) is 37.1 Å². The Morgan fingerprint density at radius 3 is 2.41 bits per heavy atom. The second-order valence-corrected chi connectivity index (χ2v) is 7.15. The zero-order valence-electron chi connectivity index (χ0n) is 15.2. The maximum Gasteiger partial charge on any atom is 0.227 e. The quantitative estimate of drug-likeness (QED) is 0.693. The molecule has 0 atom stereocenters. The Bertz CT molecular complexity index is 886. The largest absolute Gasteiger partial charge is 0.355 e. The fourth-order valence-corrected chi connectivity index (χ4v) is 3.60. The molecule has 0 spiro atoms. The molecule has 1 aliphatic rings. The number of benzene rings is 2. The Morgan fingerprint density at radius 1 is 1.04 bits per heavy atom. The van der Waals surface area contributed by atoms with E-state index in [2.05, 4.69) is 39.7 Å². The third-order valence-electron chi connectivity index (χ3n) is 5.39. The summed E-state index contributed by atoms with van der Waals surface area (Å²) >= 11 is 0. The molecule has 1 saturated carbocycles. The van der Waals surface area contributed by atoms with Crippen LogP contribution in [0.3, 0.4) is 0 Å². The van der Waals surface area contributed by atoms with Gasteiger partial charge in [0, 0.05) is 30.4 Å². The van der Waals surface area contributed by atoms with Crippen molar-refractivity contribution in [2.24, 2.45) is 0 Å². The Labute approximate surface area is 158 Å². The van der Waals surface area contributed by atoms with E-state index in [-0.39, 0.29) is 11.3 Å². The van der Waals surface area contributed by atoms with Gasteiger partial charge in [-0.1, -0.05) is 72.2 Å². The second kappa shape index (κ2) is 7.74. The second-order valence-electron chi connectivity index (χ2n) is 7.15. The van der Waals surface area contributed by atoms with Crippen molar-refractivity contribution >= 4 is 5.91 Å². The van der Waals surface area contributed by atoms with E-state index in [1.54, 1.807) is 0 Å². The minimum absolute atomic E-state index is 0.0247. The smallest absolute Gasteiger partial charge is 0.227 e. The van der Waals surface area contributed by atoms with Gasteiger partial charge in [0.2, 0.25) is 17.6 Å². The number of carbonyl (C=O) groups is 1. The molecule has 2 aromatic carbocycles. The summed E-state index contributed by atoms with van der Waals surface area (Å²) in [5.41, 5.74) is 2.33. The molecule has 0 bridgehead atoms. The van der Waals surface area contributed by atoms with Gasteiger partial charge in [-0.05, 0) is 18.4 Å². The van der Waals surface area contributed by atoms with Crippen molar-refractivity contribution in [3.05, 3.63) is 72.1 Å². The Balaban J connectivity index is 1.30. The molecule has 4 rings (SSSR count). The van der Waals surface area contributed by atoms with Crippen molar-refractivity contribution in [1.82, 2.24) is 15.5 Å². The maximum absolute atomic E-state index is 12.3. The molecule has 1 aliphatic carbocycles. The van der Waals surface area contributed by atoms with E-state index in [0.717, 1.165) is 18.4 Å². The number of hydrogen-bond donors (Lipinski definition) is 1. The first-order chi connectivity index (χ1) is 13.3. The number of hydrogen-bond acceptors (Lipinski definition) is 4. The molecule has 3 aromatic rings. The normalized spacial score (nSPS) is 15.1. The first-order valence-corrected chi connectivity index (χ1v) is 9.45. The van der Waals surface area contributed by atoms with Crippen LogP contribution in [-0.4, -0.2) is 22.6 Å². The minimum atomic E-state index is 0.0247. The Kier molecular flexibility index (Phi) is 5.01. The van der Waals surface area contributed by atoms with E-state index < -0.39 is 0 Å². The molecular weight excluding hydrogens is 338 g/mol. The fourth-order valence-electron chi connectivity index (χ4n) is 3.60. The summed E-state index contributed by atoms with van der Waals surface area (Å²) in [6.45, 7) is 0.689. The van der Waals surface area contributed by atoms with Crippen LogP contribution in [-0.2, 0) is 16.6 Å². The molecule has 0 saturated heterocycles. The molecule has 1 amide bonds.